The highest BCUT2D eigenvalue weighted by Crippen LogP contribution is 2.33. The normalized spacial score (nSPS) is 14.4. The molecule has 0 atom stereocenters. The molecule has 2 aromatic carbocycles. The molecule has 4 aromatic rings. The minimum Gasteiger partial charge on any atom is -0.494 e. The highest BCUT2D eigenvalue weighted by molar-refractivity contribution is 5.91. The Morgan fingerprint density at radius 2 is 1.80 bits per heavy atom. The number of hydrogen-bond donors (Lipinski definition) is 1. The molecule has 0 unspecified atom stereocenters. The Morgan fingerprint density at radius 1 is 1.12 bits per heavy atom. The number of nitrogen functional groups attached to an aromatic ring is 1. The van der Waals surface area contributed by atoms with Crippen molar-refractivity contribution in [2.45, 2.75) is 58.6 Å². The van der Waals surface area contributed by atoms with Crippen molar-refractivity contribution in [3.63, 3.8) is 0 Å². The number of para-hydroxylation sites is 1. The number of carbonyl (C=O) groups excluding carboxylic acids is 1. The van der Waals surface area contributed by atoms with Gasteiger partial charge in [-0.1, -0.05) is 18.2 Å². The molecule has 0 spiro atoms. The molecule has 1 amide bonds. The average molecular weight is 565 g/mol. The van der Waals surface area contributed by atoms with Gasteiger partial charge in [-0.25, -0.2) is 23.5 Å². The van der Waals surface area contributed by atoms with Gasteiger partial charge < -0.3 is 20.1 Å². The molecule has 2 aromatic heterocycles. The Balaban J connectivity index is 1.38. The van der Waals surface area contributed by atoms with Crippen LogP contribution in [0.25, 0.3) is 22.4 Å². The molecule has 0 saturated carbocycles. The maximum Gasteiger partial charge on any atom is 0.410 e. The van der Waals surface area contributed by atoms with E-state index in [4.69, 9.17) is 15.2 Å². The van der Waals surface area contributed by atoms with Crippen LogP contribution in [0.3, 0.4) is 0 Å². The maximum atomic E-state index is 14.8. The van der Waals surface area contributed by atoms with Crippen LogP contribution in [0.15, 0.2) is 42.6 Å². The topological polar surface area (TPSA) is 108 Å². The molecule has 11 heteroatoms. The number of likely N-dealkylation sites (tertiary alicyclic amines) is 1. The van der Waals surface area contributed by atoms with E-state index >= 15 is 0 Å². The van der Waals surface area contributed by atoms with Crippen LogP contribution in [0.1, 0.15) is 57.6 Å². The molecule has 1 aliphatic rings. The molecule has 2 N–H and O–H groups in total. The molecule has 0 radical (unpaired) electrons. The number of benzene rings is 2. The number of nitrogens with two attached hydrogens (primary N) is 1. The van der Waals surface area contributed by atoms with Crippen LogP contribution in [-0.4, -0.2) is 56.0 Å². The van der Waals surface area contributed by atoms with Crippen molar-refractivity contribution in [1.29, 1.82) is 0 Å². The van der Waals surface area contributed by atoms with E-state index in [9.17, 15) is 13.6 Å². The van der Waals surface area contributed by atoms with E-state index < -0.39 is 17.2 Å². The Labute approximate surface area is 237 Å². The smallest absolute Gasteiger partial charge is 0.410 e. The molecule has 1 aliphatic heterocycles. The number of halogens is 2. The lowest BCUT2D eigenvalue weighted by Gasteiger charge is -2.33. The molecular formula is C30H34F2N6O3. The van der Waals surface area contributed by atoms with Gasteiger partial charge in [0.15, 0.2) is 5.82 Å². The number of aromatic nitrogens is 4. The first-order valence-corrected chi connectivity index (χ1v) is 13.7. The van der Waals surface area contributed by atoms with Gasteiger partial charge in [0.05, 0.1) is 18.7 Å². The Kier molecular flexibility index (Phi) is 7.79. The molecule has 216 valence electrons. The first-order chi connectivity index (χ1) is 19.5. The summed E-state index contributed by atoms with van der Waals surface area (Å²) in [5, 5.41) is 5.38. The SMILES string of the molecule is CCOc1cc(F)c(Cn2nc(-c3ncc(C4CCN(C(=O)OC(C)(C)C)CC4)c(N)n3)c3ccccc32)c(F)c1. The Hall–Kier alpha value is -4.28. The molecule has 5 rings (SSSR count). The third kappa shape index (κ3) is 6.08. The molecule has 1 saturated heterocycles. The molecule has 3 heterocycles. The number of rotatable bonds is 6. The van der Waals surface area contributed by atoms with Gasteiger partial charge in [-0.3, -0.25) is 4.68 Å². The van der Waals surface area contributed by atoms with Gasteiger partial charge in [0, 0.05) is 47.9 Å². The van der Waals surface area contributed by atoms with Crippen LogP contribution >= 0.6 is 0 Å². The van der Waals surface area contributed by atoms with Crippen LogP contribution in [0, 0.1) is 11.6 Å². The first-order valence-electron chi connectivity index (χ1n) is 13.7. The number of hydrogen-bond acceptors (Lipinski definition) is 7. The first kappa shape index (κ1) is 28.3. The van der Waals surface area contributed by atoms with Crippen molar-refractivity contribution in [1.82, 2.24) is 24.6 Å². The van der Waals surface area contributed by atoms with E-state index in [-0.39, 0.29) is 29.9 Å². The molecule has 0 aliphatic carbocycles. The predicted octanol–water partition coefficient (Wildman–Crippen LogP) is 5.92. The van der Waals surface area contributed by atoms with E-state index in [2.05, 4.69) is 15.1 Å². The average Bonchev–Trinajstić information content (AvgIpc) is 3.28. The lowest BCUT2D eigenvalue weighted by molar-refractivity contribution is 0.0205. The van der Waals surface area contributed by atoms with Crippen molar-refractivity contribution >= 4 is 22.8 Å². The standard InChI is InChI=1S/C30H34F2N6O3/c1-5-40-19-14-23(31)22(24(32)15-19)17-38-25-9-7-6-8-20(25)26(36-38)28-34-16-21(27(33)35-28)18-10-12-37(13-11-18)29(39)41-30(2,3)4/h6-9,14-16,18H,5,10-13,17H2,1-4H3,(H2,33,34,35). The van der Waals surface area contributed by atoms with Crippen molar-refractivity contribution in [2.75, 3.05) is 25.4 Å². The zero-order chi connectivity index (χ0) is 29.3. The third-order valence-electron chi connectivity index (χ3n) is 7.04. The summed E-state index contributed by atoms with van der Waals surface area (Å²) < 4.78 is 41.9. The van der Waals surface area contributed by atoms with Crippen LogP contribution in [0.2, 0.25) is 0 Å². The van der Waals surface area contributed by atoms with E-state index in [1.54, 1.807) is 18.0 Å². The van der Waals surface area contributed by atoms with Gasteiger partial charge in [-0.15, -0.1) is 0 Å². The van der Waals surface area contributed by atoms with Crippen molar-refractivity contribution in [2.24, 2.45) is 0 Å². The van der Waals surface area contributed by atoms with Crippen LogP contribution < -0.4 is 10.5 Å². The fourth-order valence-electron chi connectivity index (χ4n) is 5.08. The van der Waals surface area contributed by atoms with E-state index in [1.807, 2.05) is 45.0 Å². The number of fused-ring (bicyclic) bond motifs is 1. The largest absolute Gasteiger partial charge is 0.494 e. The minimum atomic E-state index is -0.711. The van der Waals surface area contributed by atoms with E-state index in [1.165, 1.54) is 16.8 Å². The summed E-state index contributed by atoms with van der Waals surface area (Å²) >= 11 is 0. The van der Waals surface area contributed by atoms with Gasteiger partial charge in [-0.2, -0.15) is 5.10 Å². The summed E-state index contributed by atoms with van der Waals surface area (Å²) in [6.45, 7) is 8.56. The zero-order valence-corrected chi connectivity index (χ0v) is 23.7. The third-order valence-corrected chi connectivity index (χ3v) is 7.04. The number of carbonyl (C=O) groups is 1. The van der Waals surface area contributed by atoms with Gasteiger partial charge >= 0.3 is 6.09 Å². The fraction of sp³-hybridized carbons (Fsp3) is 0.400. The van der Waals surface area contributed by atoms with E-state index in [0.717, 1.165) is 10.9 Å². The summed E-state index contributed by atoms with van der Waals surface area (Å²) in [4.78, 5) is 23.3. The van der Waals surface area contributed by atoms with Crippen LogP contribution in [-0.2, 0) is 11.3 Å². The second-order valence-corrected chi connectivity index (χ2v) is 11.1. The Morgan fingerprint density at radius 3 is 2.44 bits per heavy atom. The second kappa shape index (κ2) is 11.3. The number of piperidine rings is 1. The molecule has 41 heavy (non-hydrogen) atoms. The minimum absolute atomic E-state index is 0.0997. The number of anilines is 1. The summed E-state index contributed by atoms with van der Waals surface area (Å²) in [6, 6.07) is 9.72. The van der Waals surface area contributed by atoms with Gasteiger partial charge in [-0.05, 0) is 52.5 Å². The summed E-state index contributed by atoms with van der Waals surface area (Å²) in [6.07, 6.45) is 2.82. The van der Waals surface area contributed by atoms with Gasteiger partial charge in [0.1, 0.15) is 34.5 Å². The molecular weight excluding hydrogens is 530 g/mol. The maximum absolute atomic E-state index is 14.8. The van der Waals surface area contributed by atoms with Crippen LogP contribution in [0.5, 0.6) is 5.75 Å². The Bertz CT molecular complexity index is 1550. The molecule has 9 nitrogen and oxygen atoms in total. The second-order valence-electron chi connectivity index (χ2n) is 11.1. The number of nitrogens with zero attached hydrogens (tertiary/aromatic N) is 5. The molecule has 0 bridgehead atoms. The fourth-order valence-corrected chi connectivity index (χ4v) is 5.08. The van der Waals surface area contributed by atoms with E-state index in [0.29, 0.717) is 55.4 Å². The predicted molar refractivity (Wildman–Crippen MR) is 152 cm³/mol. The van der Waals surface area contributed by atoms with Crippen molar-refractivity contribution in [3.05, 3.63) is 65.4 Å². The quantitative estimate of drug-likeness (QED) is 0.310. The summed E-state index contributed by atoms with van der Waals surface area (Å²) in [7, 11) is 0. The van der Waals surface area contributed by atoms with Gasteiger partial charge in [0.2, 0.25) is 0 Å². The van der Waals surface area contributed by atoms with Gasteiger partial charge in [0.25, 0.3) is 0 Å². The number of ether oxygens (including phenoxy) is 2. The summed E-state index contributed by atoms with van der Waals surface area (Å²) in [5.74, 6) is -0.526. The highest BCUT2D eigenvalue weighted by Gasteiger charge is 2.29. The lowest BCUT2D eigenvalue weighted by Crippen LogP contribution is -2.41. The van der Waals surface area contributed by atoms with Crippen LogP contribution in [0.4, 0.5) is 19.4 Å². The lowest BCUT2D eigenvalue weighted by atomic mass is 9.90. The monoisotopic (exact) mass is 564 g/mol. The zero-order valence-electron chi connectivity index (χ0n) is 23.7. The van der Waals surface area contributed by atoms with Crippen molar-refractivity contribution in [3.8, 4) is 17.3 Å². The molecule has 1 fully saturated rings. The highest BCUT2D eigenvalue weighted by atomic mass is 19.1. The van der Waals surface area contributed by atoms with Crippen molar-refractivity contribution < 1.29 is 23.0 Å². The number of amides is 1. The summed E-state index contributed by atoms with van der Waals surface area (Å²) in [5.41, 5.74) is 7.71.